The first-order valence-electron chi connectivity index (χ1n) is 8.20. The minimum Gasteiger partial charge on any atom is -0.493 e. The average molecular weight is 359 g/mol. The lowest BCUT2D eigenvalue weighted by molar-refractivity contribution is -0.146. The van der Waals surface area contributed by atoms with Gasteiger partial charge < -0.3 is 19.2 Å². The third-order valence-electron chi connectivity index (χ3n) is 3.58. The van der Waals surface area contributed by atoms with Crippen LogP contribution in [0, 0.1) is 0 Å². The predicted molar refractivity (Wildman–Crippen MR) is 93.0 cm³/mol. The van der Waals surface area contributed by atoms with Gasteiger partial charge in [-0.25, -0.2) is 4.79 Å². The smallest absolute Gasteiger partial charge is 0.328 e. The van der Waals surface area contributed by atoms with E-state index in [1.165, 1.54) is 26.2 Å². The highest BCUT2D eigenvalue weighted by molar-refractivity contribution is 5.95. The number of carbonyl (C=O) groups is 3. The first-order chi connectivity index (χ1) is 12.4. The number of esters is 1. The summed E-state index contributed by atoms with van der Waals surface area (Å²) in [5.74, 6) is -0.566. The quantitative estimate of drug-likeness (QED) is 0.575. The molecule has 2 rings (SSSR count). The summed E-state index contributed by atoms with van der Waals surface area (Å²) in [5.41, 5.74) is 1.08. The van der Waals surface area contributed by atoms with Crippen LogP contribution in [0.4, 0.5) is 0 Å². The van der Waals surface area contributed by atoms with Gasteiger partial charge in [0.05, 0.1) is 12.9 Å². The highest BCUT2D eigenvalue weighted by atomic mass is 16.5. The lowest BCUT2D eigenvalue weighted by Crippen LogP contribution is -2.39. The van der Waals surface area contributed by atoms with Gasteiger partial charge >= 0.3 is 5.97 Å². The standard InChI is InChI=1S/C19H21NO6/c1-4-24-16-8-7-14(13(3)21)10-15(16)11-26-19(23)12(2)20-18(22)17-6-5-9-25-17/h5-10,12H,4,11H2,1-3H3,(H,20,22)/t12-/m0/s1. The van der Waals surface area contributed by atoms with Gasteiger partial charge in [-0.15, -0.1) is 0 Å². The Balaban J connectivity index is 2.00. The number of nitrogens with one attached hydrogen (secondary N) is 1. The van der Waals surface area contributed by atoms with Crippen LogP contribution < -0.4 is 10.1 Å². The number of furan rings is 1. The third kappa shape index (κ3) is 4.95. The Morgan fingerprint density at radius 1 is 1.23 bits per heavy atom. The molecule has 2 aromatic rings. The molecule has 0 unspecified atom stereocenters. The lowest BCUT2D eigenvalue weighted by atomic mass is 10.1. The van der Waals surface area contributed by atoms with Crippen molar-refractivity contribution in [1.82, 2.24) is 5.32 Å². The molecule has 0 spiro atoms. The second kappa shape index (κ2) is 8.84. The molecule has 0 aliphatic heterocycles. The van der Waals surface area contributed by atoms with Crippen LogP contribution in [0.3, 0.4) is 0 Å². The van der Waals surface area contributed by atoms with Gasteiger partial charge in [0.25, 0.3) is 5.91 Å². The fourth-order valence-electron chi connectivity index (χ4n) is 2.22. The number of hydrogen-bond donors (Lipinski definition) is 1. The predicted octanol–water partition coefficient (Wildman–Crippen LogP) is 2.74. The Hall–Kier alpha value is -3.09. The number of benzene rings is 1. The zero-order chi connectivity index (χ0) is 19.1. The van der Waals surface area contributed by atoms with Crippen molar-refractivity contribution in [1.29, 1.82) is 0 Å². The van der Waals surface area contributed by atoms with Crippen LogP contribution in [0.15, 0.2) is 41.0 Å². The van der Waals surface area contributed by atoms with E-state index in [1.807, 2.05) is 6.92 Å². The van der Waals surface area contributed by atoms with Crippen LogP contribution in [0.25, 0.3) is 0 Å². The van der Waals surface area contributed by atoms with Gasteiger partial charge in [0.2, 0.25) is 0 Å². The zero-order valence-corrected chi connectivity index (χ0v) is 14.9. The Bertz CT molecular complexity index is 781. The molecule has 0 radical (unpaired) electrons. The first-order valence-corrected chi connectivity index (χ1v) is 8.20. The highest BCUT2D eigenvalue weighted by Gasteiger charge is 2.20. The number of ether oxygens (including phenoxy) is 2. The molecule has 1 amide bonds. The van der Waals surface area contributed by atoms with Crippen molar-refractivity contribution in [3.63, 3.8) is 0 Å². The van der Waals surface area contributed by atoms with Gasteiger partial charge in [0.1, 0.15) is 18.4 Å². The summed E-state index contributed by atoms with van der Waals surface area (Å²) in [7, 11) is 0. The zero-order valence-electron chi connectivity index (χ0n) is 14.9. The average Bonchev–Trinajstić information content (AvgIpc) is 3.15. The molecule has 0 aliphatic carbocycles. The molecule has 1 N–H and O–H groups in total. The van der Waals surface area contributed by atoms with Crippen LogP contribution in [0.1, 0.15) is 47.2 Å². The van der Waals surface area contributed by atoms with Crippen LogP contribution in [0.5, 0.6) is 5.75 Å². The molecule has 0 saturated carbocycles. The second-order valence-corrected chi connectivity index (χ2v) is 5.59. The molecule has 26 heavy (non-hydrogen) atoms. The van der Waals surface area contributed by atoms with Crippen molar-refractivity contribution < 1.29 is 28.3 Å². The number of ketones is 1. The highest BCUT2D eigenvalue weighted by Crippen LogP contribution is 2.22. The molecule has 0 aliphatic rings. The Kier molecular flexibility index (Phi) is 6.54. The van der Waals surface area contributed by atoms with Crippen molar-refractivity contribution in [3.8, 4) is 5.75 Å². The monoisotopic (exact) mass is 359 g/mol. The molecule has 0 fully saturated rings. The van der Waals surface area contributed by atoms with Gasteiger partial charge in [-0.2, -0.15) is 0 Å². The maximum absolute atomic E-state index is 12.1. The molecular formula is C19H21NO6. The molecule has 1 atom stereocenters. The largest absolute Gasteiger partial charge is 0.493 e. The third-order valence-corrected chi connectivity index (χ3v) is 3.58. The molecule has 7 nitrogen and oxygen atoms in total. The van der Waals surface area contributed by atoms with E-state index < -0.39 is 17.9 Å². The summed E-state index contributed by atoms with van der Waals surface area (Å²) in [6, 6.07) is 7.17. The summed E-state index contributed by atoms with van der Waals surface area (Å²) in [5, 5.41) is 2.50. The van der Waals surface area contributed by atoms with E-state index >= 15 is 0 Å². The fraction of sp³-hybridized carbons (Fsp3) is 0.316. The molecule has 1 aromatic carbocycles. The number of hydrogen-bond acceptors (Lipinski definition) is 6. The minimum absolute atomic E-state index is 0.0732. The minimum atomic E-state index is -0.862. The first kappa shape index (κ1) is 19.2. The number of Topliss-reactive ketones (excluding diaryl/α,β-unsaturated/α-hetero) is 1. The summed E-state index contributed by atoms with van der Waals surface area (Å²) < 4.78 is 15.7. The molecule has 0 bridgehead atoms. The lowest BCUT2D eigenvalue weighted by Gasteiger charge is -2.15. The number of amides is 1. The maximum atomic E-state index is 12.1. The number of rotatable bonds is 8. The summed E-state index contributed by atoms with van der Waals surface area (Å²) in [6.45, 7) is 5.17. The van der Waals surface area contributed by atoms with Crippen molar-refractivity contribution in [3.05, 3.63) is 53.5 Å². The van der Waals surface area contributed by atoms with Gasteiger partial charge in [-0.3, -0.25) is 9.59 Å². The van der Waals surface area contributed by atoms with Crippen LogP contribution in [-0.4, -0.2) is 30.3 Å². The van der Waals surface area contributed by atoms with E-state index in [2.05, 4.69) is 5.32 Å². The van der Waals surface area contributed by atoms with Crippen LogP contribution in [-0.2, 0) is 16.1 Å². The summed E-state index contributed by atoms with van der Waals surface area (Å²) in [6.07, 6.45) is 1.37. The van der Waals surface area contributed by atoms with Crippen molar-refractivity contribution in [2.75, 3.05) is 6.61 Å². The molecule has 1 heterocycles. The van der Waals surface area contributed by atoms with Gasteiger partial charge in [0, 0.05) is 11.1 Å². The Labute approximate surface area is 151 Å². The van der Waals surface area contributed by atoms with Crippen molar-refractivity contribution >= 4 is 17.7 Å². The summed E-state index contributed by atoms with van der Waals surface area (Å²) in [4.78, 5) is 35.6. The second-order valence-electron chi connectivity index (χ2n) is 5.59. The van der Waals surface area contributed by atoms with E-state index in [0.29, 0.717) is 23.5 Å². The molecule has 0 saturated heterocycles. The number of carbonyl (C=O) groups excluding carboxylic acids is 3. The molecule has 1 aromatic heterocycles. The molecular weight excluding hydrogens is 338 g/mol. The topological polar surface area (TPSA) is 94.8 Å². The van der Waals surface area contributed by atoms with Crippen LogP contribution in [0.2, 0.25) is 0 Å². The van der Waals surface area contributed by atoms with E-state index in [4.69, 9.17) is 13.9 Å². The van der Waals surface area contributed by atoms with Crippen LogP contribution >= 0.6 is 0 Å². The SMILES string of the molecule is CCOc1ccc(C(C)=O)cc1COC(=O)[C@H](C)NC(=O)c1ccco1. The van der Waals surface area contributed by atoms with E-state index in [9.17, 15) is 14.4 Å². The van der Waals surface area contributed by atoms with Crippen molar-refractivity contribution in [2.45, 2.75) is 33.4 Å². The molecule has 138 valence electrons. The fourth-order valence-corrected chi connectivity index (χ4v) is 2.22. The van der Waals surface area contributed by atoms with Gasteiger partial charge in [0.15, 0.2) is 11.5 Å². The normalized spacial score (nSPS) is 11.5. The Morgan fingerprint density at radius 2 is 2.00 bits per heavy atom. The Morgan fingerprint density at radius 3 is 2.62 bits per heavy atom. The van der Waals surface area contributed by atoms with Gasteiger partial charge in [-0.05, 0) is 51.1 Å². The molecule has 7 heteroatoms. The van der Waals surface area contributed by atoms with E-state index in [1.54, 1.807) is 24.3 Å². The van der Waals surface area contributed by atoms with E-state index in [-0.39, 0.29) is 18.2 Å². The maximum Gasteiger partial charge on any atom is 0.328 e. The van der Waals surface area contributed by atoms with E-state index in [0.717, 1.165) is 0 Å². The van der Waals surface area contributed by atoms with Gasteiger partial charge in [-0.1, -0.05) is 0 Å². The summed E-state index contributed by atoms with van der Waals surface area (Å²) >= 11 is 0. The van der Waals surface area contributed by atoms with Crippen molar-refractivity contribution in [2.24, 2.45) is 0 Å².